The number of ether oxygens (including phenoxy) is 1. The maximum Gasteiger partial charge on any atom is 0.109 e. The molecule has 1 saturated heterocycles. The topological polar surface area (TPSA) is 61.7 Å². The first kappa shape index (κ1) is 10.3. The minimum atomic E-state index is 0.297. The molecule has 17 heavy (non-hydrogen) atoms. The van der Waals surface area contributed by atoms with Gasteiger partial charge in [0.2, 0.25) is 0 Å². The molecule has 2 aromatic rings. The van der Waals surface area contributed by atoms with Gasteiger partial charge in [0.25, 0.3) is 0 Å². The number of H-pyrrole nitrogens is 1. The van der Waals surface area contributed by atoms with Crippen molar-refractivity contribution in [2.24, 2.45) is 0 Å². The molecule has 3 rings (SSSR count). The number of nitrogens with one attached hydrogen (secondary N) is 1. The Morgan fingerprint density at radius 2 is 2.47 bits per heavy atom. The van der Waals surface area contributed by atoms with E-state index < -0.39 is 0 Å². The fourth-order valence-electron chi connectivity index (χ4n) is 2.25. The molecule has 1 N–H and O–H groups in total. The number of benzene rings is 1. The molecule has 0 amide bonds. The predicted octanol–water partition coefficient (Wildman–Crippen LogP) is 2.16. The summed E-state index contributed by atoms with van der Waals surface area (Å²) in [6.45, 7) is 0.865. The largest absolute Gasteiger partial charge is 0.378 e. The highest BCUT2D eigenvalue weighted by molar-refractivity contribution is 5.76. The van der Waals surface area contributed by atoms with Gasteiger partial charge < -0.3 is 9.72 Å². The van der Waals surface area contributed by atoms with E-state index in [1.165, 1.54) is 0 Å². The summed E-state index contributed by atoms with van der Waals surface area (Å²) >= 11 is 0. The Hall–Kier alpha value is -1.86. The minimum Gasteiger partial charge on any atom is -0.378 e. The molecule has 1 aromatic carbocycles. The van der Waals surface area contributed by atoms with Gasteiger partial charge in [0, 0.05) is 13.0 Å². The summed E-state index contributed by atoms with van der Waals surface area (Å²) in [6, 6.07) is 7.63. The third-order valence-electron chi connectivity index (χ3n) is 3.11. The van der Waals surface area contributed by atoms with E-state index in [9.17, 15) is 0 Å². The molecule has 1 aromatic heterocycles. The van der Waals surface area contributed by atoms with Crippen LogP contribution in [-0.4, -0.2) is 22.7 Å². The molecule has 4 heteroatoms. The van der Waals surface area contributed by atoms with Crippen molar-refractivity contribution in [2.45, 2.75) is 25.4 Å². The molecule has 0 saturated carbocycles. The standard InChI is InChI=1S/C13H13N3O/c14-8-9-3-4-11-12(6-9)16-13(15-11)7-10-2-1-5-17-10/h3-4,6,10H,1-2,5,7H2,(H,15,16). The van der Waals surface area contributed by atoms with Crippen LogP contribution in [0.4, 0.5) is 0 Å². The van der Waals surface area contributed by atoms with E-state index in [1.807, 2.05) is 12.1 Å². The van der Waals surface area contributed by atoms with Gasteiger partial charge in [-0.1, -0.05) is 0 Å². The maximum atomic E-state index is 8.83. The highest BCUT2D eigenvalue weighted by Crippen LogP contribution is 2.18. The monoisotopic (exact) mass is 227 g/mol. The van der Waals surface area contributed by atoms with Crippen LogP contribution in [0.15, 0.2) is 18.2 Å². The van der Waals surface area contributed by atoms with Crippen molar-refractivity contribution >= 4 is 11.0 Å². The molecule has 0 spiro atoms. The van der Waals surface area contributed by atoms with Gasteiger partial charge in [-0.2, -0.15) is 5.26 Å². The minimum absolute atomic E-state index is 0.297. The van der Waals surface area contributed by atoms with Gasteiger partial charge in [-0.25, -0.2) is 4.98 Å². The van der Waals surface area contributed by atoms with E-state index in [4.69, 9.17) is 10.00 Å². The lowest BCUT2D eigenvalue weighted by Gasteiger charge is -2.05. The highest BCUT2D eigenvalue weighted by Gasteiger charge is 2.17. The Bertz CT molecular complexity index is 576. The molecular weight excluding hydrogens is 214 g/mol. The first-order valence-electron chi connectivity index (χ1n) is 5.85. The van der Waals surface area contributed by atoms with E-state index in [0.29, 0.717) is 11.7 Å². The number of fused-ring (bicyclic) bond motifs is 1. The maximum absolute atomic E-state index is 8.83. The summed E-state index contributed by atoms with van der Waals surface area (Å²) in [4.78, 5) is 7.76. The molecule has 4 nitrogen and oxygen atoms in total. The molecule has 0 aliphatic carbocycles. The van der Waals surface area contributed by atoms with Crippen LogP contribution in [0.25, 0.3) is 11.0 Å². The lowest BCUT2D eigenvalue weighted by molar-refractivity contribution is 0.110. The van der Waals surface area contributed by atoms with Crippen LogP contribution in [0, 0.1) is 11.3 Å². The zero-order chi connectivity index (χ0) is 11.7. The lowest BCUT2D eigenvalue weighted by atomic mass is 10.2. The van der Waals surface area contributed by atoms with E-state index in [1.54, 1.807) is 6.07 Å². The molecule has 1 atom stereocenters. The van der Waals surface area contributed by atoms with E-state index in [2.05, 4.69) is 16.0 Å². The van der Waals surface area contributed by atoms with Crippen molar-refractivity contribution in [3.05, 3.63) is 29.6 Å². The smallest absolute Gasteiger partial charge is 0.109 e. The quantitative estimate of drug-likeness (QED) is 0.855. The molecule has 1 aliphatic heterocycles. The van der Waals surface area contributed by atoms with Gasteiger partial charge in [0.05, 0.1) is 28.8 Å². The second-order valence-electron chi connectivity index (χ2n) is 4.37. The number of imidazole rings is 1. The molecule has 1 fully saturated rings. The summed E-state index contributed by atoms with van der Waals surface area (Å²) in [5.41, 5.74) is 2.50. The van der Waals surface area contributed by atoms with Crippen LogP contribution in [0.1, 0.15) is 24.2 Å². The predicted molar refractivity (Wildman–Crippen MR) is 63.5 cm³/mol. The Balaban J connectivity index is 1.88. The second-order valence-corrected chi connectivity index (χ2v) is 4.37. The van der Waals surface area contributed by atoms with Crippen LogP contribution in [0.3, 0.4) is 0 Å². The molecular formula is C13H13N3O. The van der Waals surface area contributed by atoms with Crippen molar-refractivity contribution < 1.29 is 4.74 Å². The first-order chi connectivity index (χ1) is 8.35. The average molecular weight is 227 g/mol. The number of rotatable bonds is 2. The number of aromatic nitrogens is 2. The van der Waals surface area contributed by atoms with Crippen molar-refractivity contribution in [2.75, 3.05) is 6.61 Å². The van der Waals surface area contributed by atoms with Crippen LogP contribution in [0.5, 0.6) is 0 Å². The number of aromatic amines is 1. The highest BCUT2D eigenvalue weighted by atomic mass is 16.5. The summed E-state index contributed by atoms with van der Waals surface area (Å²) in [5.74, 6) is 0.946. The zero-order valence-corrected chi connectivity index (χ0v) is 9.44. The molecule has 0 radical (unpaired) electrons. The van der Waals surface area contributed by atoms with Crippen molar-refractivity contribution in [1.82, 2.24) is 9.97 Å². The van der Waals surface area contributed by atoms with Crippen LogP contribution >= 0.6 is 0 Å². The van der Waals surface area contributed by atoms with Crippen molar-refractivity contribution in [1.29, 1.82) is 5.26 Å². The number of nitrogens with zero attached hydrogens (tertiary/aromatic N) is 2. The van der Waals surface area contributed by atoms with E-state index >= 15 is 0 Å². The number of nitriles is 1. The van der Waals surface area contributed by atoms with Crippen LogP contribution in [-0.2, 0) is 11.2 Å². The Labute approximate surface area is 99.2 Å². The summed E-state index contributed by atoms with van der Waals surface area (Å²) in [5, 5.41) is 8.83. The van der Waals surface area contributed by atoms with Crippen LogP contribution < -0.4 is 0 Å². The average Bonchev–Trinajstić information content (AvgIpc) is 2.96. The molecule has 2 heterocycles. The lowest BCUT2D eigenvalue weighted by Crippen LogP contribution is -2.09. The SMILES string of the molecule is N#Cc1ccc2nc(CC3CCCO3)[nH]c2c1. The zero-order valence-electron chi connectivity index (χ0n) is 9.44. The number of hydrogen-bond acceptors (Lipinski definition) is 3. The molecule has 1 aliphatic rings. The normalized spacial score (nSPS) is 19.6. The third-order valence-corrected chi connectivity index (χ3v) is 3.11. The second kappa shape index (κ2) is 4.19. The van der Waals surface area contributed by atoms with Gasteiger partial charge in [0.15, 0.2) is 0 Å². The van der Waals surface area contributed by atoms with E-state index in [0.717, 1.165) is 42.7 Å². The van der Waals surface area contributed by atoms with Crippen molar-refractivity contribution in [3.8, 4) is 6.07 Å². The van der Waals surface area contributed by atoms with Crippen LogP contribution in [0.2, 0.25) is 0 Å². The summed E-state index contributed by atoms with van der Waals surface area (Å²) in [7, 11) is 0. The fourth-order valence-corrected chi connectivity index (χ4v) is 2.25. The van der Waals surface area contributed by atoms with Gasteiger partial charge >= 0.3 is 0 Å². The van der Waals surface area contributed by atoms with Gasteiger partial charge in [0.1, 0.15) is 5.82 Å². The van der Waals surface area contributed by atoms with Crippen molar-refractivity contribution in [3.63, 3.8) is 0 Å². The summed E-state index contributed by atoms with van der Waals surface area (Å²) < 4.78 is 5.59. The van der Waals surface area contributed by atoms with Gasteiger partial charge in [-0.15, -0.1) is 0 Å². The Morgan fingerprint density at radius 3 is 3.24 bits per heavy atom. The number of hydrogen-bond donors (Lipinski definition) is 1. The van der Waals surface area contributed by atoms with Gasteiger partial charge in [-0.05, 0) is 31.0 Å². The third kappa shape index (κ3) is 2.02. The first-order valence-corrected chi connectivity index (χ1v) is 5.85. The van der Waals surface area contributed by atoms with E-state index in [-0.39, 0.29) is 0 Å². The Kier molecular flexibility index (Phi) is 2.54. The van der Waals surface area contributed by atoms with Gasteiger partial charge in [-0.3, -0.25) is 0 Å². The molecule has 1 unspecified atom stereocenters. The molecule has 0 bridgehead atoms. The molecule has 86 valence electrons. The Morgan fingerprint density at radius 1 is 1.53 bits per heavy atom. The summed E-state index contributed by atoms with van der Waals surface area (Å²) in [6.07, 6.45) is 3.38. The fraction of sp³-hybridized carbons (Fsp3) is 0.385.